The summed E-state index contributed by atoms with van der Waals surface area (Å²) in [5, 5.41) is 10.7. The first-order chi connectivity index (χ1) is 16.1. The van der Waals surface area contributed by atoms with Crippen molar-refractivity contribution in [3.8, 4) is 11.5 Å². The molecule has 1 aromatic carbocycles. The van der Waals surface area contributed by atoms with Gasteiger partial charge in [-0.15, -0.1) is 0 Å². The van der Waals surface area contributed by atoms with E-state index < -0.39 is 5.97 Å². The van der Waals surface area contributed by atoms with E-state index >= 15 is 0 Å². The molecule has 0 unspecified atom stereocenters. The van der Waals surface area contributed by atoms with Crippen LogP contribution in [-0.4, -0.2) is 58.9 Å². The molecule has 1 saturated heterocycles. The van der Waals surface area contributed by atoms with Gasteiger partial charge in [-0.25, -0.2) is 9.78 Å². The molecule has 3 heterocycles. The third-order valence-electron chi connectivity index (χ3n) is 6.53. The average Bonchev–Trinajstić information content (AvgIpc) is 3.21. The van der Waals surface area contributed by atoms with Gasteiger partial charge in [0.05, 0.1) is 7.11 Å². The number of aromatic carboxylic acids is 1. The van der Waals surface area contributed by atoms with Crippen LogP contribution in [-0.2, 0) is 6.54 Å². The van der Waals surface area contributed by atoms with Gasteiger partial charge in [0.25, 0.3) is 0 Å². The lowest BCUT2D eigenvalue weighted by atomic mass is 9.89. The second kappa shape index (κ2) is 10.7. The monoisotopic (exact) mass is 451 g/mol. The van der Waals surface area contributed by atoms with Crippen LogP contribution in [0.1, 0.15) is 54.4 Å². The average molecular weight is 452 g/mol. The van der Waals surface area contributed by atoms with Crippen LogP contribution in [0.15, 0.2) is 42.7 Å². The first-order valence-corrected chi connectivity index (χ1v) is 11.8. The number of carboxylic acid groups (broad SMARTS) is 1. The predicted octanol–water partition coefficient (Wildman–Crippen LogP) is 4.80. The number of nitrogens with zero attached hydrogens (tertiary/aromatic N) is 3. The van der Waals surface area contributed by atoms with E-state index in [4.69, 9.17) is 9.47 Å². The summed E-state index contributed by atoms with van der Waals surface area (Å²) in [6, 6.07) is 9.16. The number of rotatable bonds is 10. The first-order valence-electron chi connectivity index (χ1n) is 11.8. The van der Waals surface area contributed by atoms with Crippen LogP contribution in [0.2, 0.25) is 0 Å². The maximum atomic E-state index is 11.5. The van der Waals surface area contributed by atoms with Crippen molar-refractivity contribution < 1.29 is 19.4 Å². The van der Waals surface area contributed by atoms with Gasteiger partial charge in [-0.05, 0) is 68.1 Å². The minimum Gasteiger partial charge on any atom is -0.493 e. The van der Waals surface area contributed by atoms with Crippen molar-refractivity contribution in [1.29, 1.82) is 0 Å². The summed E-state index contributed by atoms with van der Waals surface area (Å²) < 4.78 is 13.5. The minimum atomic E-state index is -1.02. The largest absolute Gasteiger partial charge is 0.493 e. The zero-order chi connectivity index (χ0) is 23.2. The number of pyridine rings is 1. The zero-order valence-electron chi connectivity index (χ0n) is 19.5. The molecule has 0 spiro atoms. The van der Waals surface area contributed by atoms with Crippen molar-refractivity contribution >= 4 is 17.0 Å². The Labute approximate surface area is 194 Å². The van der Waals surface area contributed by atoms with Gasteiger partial charge >= 0.3 is 5.97 Å². The fourth-order valence-electron chi connectivity index (χ4n) is 4.71. The fraction of sp³-hybridized carbons (Fsp3) is 0.462. The van der Waals surface area contributed by atoms with Gasteiger partial charge in [0, 0.05) is 30.9 Å². The van der Waals surface area contributed by atoms with Crippen LogP contribution in [0.3, 0.4) is 0 Å². The van der Waals surface area contributed by atoms with Gasteiger partial charge in [-0.3, -0.25) is 4.90 Å². The van der Waals surface area contributed by atoms with E-state index in [1.807, 2.05) is 12.3 Å². The number of unbranched alkanes of at least 4 members (excludes halogenated alkanes) is 1. The highest BCUT2D eigenvalue weighted by Crippen LogP contribution is 2.34. The SMILES string of the molecule is CCCCn1cc(C2CCN(CCOc3c(OC)cccc3C(=O)O)CC2)c2cccnc21. The number of hydrogen-bond acceptors (Lipinski definition) is 5. The Bertz CT molecular complexity index is 1090. The fourth-order valence-corrected chi connectivity index (χ4v) is 4.71. The molecule has 0 bridgehead atoms. The van der Waals surface area contributed by atoms with E-state index in [0.717, 1.165) is 51.1 Å². The Kier molecular flexibility index (Phi) is 7.50. The molecule has 3 aromatic rings. The number of hydrogen-bond donors (Lipinski definition) is 1. The third kappa shape index (κ3) is 5.14. The molecule has 1 fully saturated rings. The Balaban J connectivity index is 1.36. The third-order valence-corrected chi connectivity index (χ3v) is 6.53. The summed E-state index contributed by atoms with van der Waals surface area (Å²) >= 11 is 0. The summed E-state index contributed by atoms with van der Waals surface area (Å²) in [6.45, 7) is 6.40. The summed E-state index contributed by atoms with van der Waals surface area (Å²) in [6.07, 6.45) is 8.73. The zero-order valence-corrected chi connectivity index (χ0v) is 19.5. The van der Waals surface area contributed by atoms with Crippen LogP contribution in [0, 0.1) is 0 Å². The molecule has 0 atom stereocenters. The molecule has 0 saturated carbocycles. The van der Waals surface area contributed by atoms with Crippen molar-refractivity contribution in [3.63, 3.8) is 0 Å². The molecule has 1 aliphatic rings. The van der Waals surface area contributed by atoms with Crippen molar-refractivity contribution in [2.75, 3.05) is 33.4 Å². The number of methoxy groups -OCH3 is 1. The van der Waals surface area contributed by atoms with Crippen LogP contribution in [0.25, 0.3) is 11.0 Å². The maximum absolute atomic E-state index is 11.5. The van der Waals surface area contributed by atoms with Gasteiger partial charge in [0.15, 0.2) is 11.5 Å². The molecule has 1 aliphatic heterocycles. The Morgan fingerprint density at radius 1 is 1.18 bits per heavy atom. The van der Waals surface area contributed by atoms with E-state index in [0.29, 0.717) is 24.0 Å². The number of piperidine rings is 1. The van der Waals surface area contributed by atoms with E-state index in [1.165, 1.54) is 30.5 Å². The Hall–Kier alpha value is -3.06. The second-order valence-electron chi connectivity index (χ2n) is 8.61. The van der Waals surface area contributed by atoms with E-state index in [1.54, 1.807) is 12.1 Å². The van der Waals surface area contributed by atoms with Crippen LogP contribution < -0.4 is 9.47 Å². The first kappa shape index (κ1) is 23.1. The highest BCUT2D eigenvalue weighted by atomic mass is 16.5. The van der Waals surface area contributed by atoms with E-state index in [-0.39, 0.29) is 5.56 Å². The topological polar surface area (TPSA) is 76.8 Å². The van der Waals surface area contributed by atoms with E-state index in [9.17, 15) is 9.90 Å². The van der Waals surface area contributed by atoms with Gasteiger partial charge < -0.3 is 19.1 Å². The molecule has 7 heteroatoms. The number of fused-ring (bicyclic) bond motifs is 1. The normalized spacial score (nSPS) is 15.1. The van der Waals surface area contributed by atoms with Gasteiger partial charge in [0.1, 0.15) is 17.8 Å². The number of para-hydroxylation sites is 1. The van der Waals surface area contributed by atoms with Crippen molar-refractivity contribution in [2.24, 2.45) is 0 Å². The molecule has 4 rings (SSSR count). The van der Waals surface area contributed by atoms with E-state index in [2.05, 4.69) is 33.6 Å². The number of carbonyl (C=O) groups is 1. The number of likely N-dealkylation sites (tertiary alicyclic amines) is 1. The molecule has 2 aromatic heterocycles. The molecular weight excluding hydrogens is 418 g/mol. The number of aryl methyl sites for hydroxylation is 1. The number of ether oxygens (including phenoxy) is 2. The molecule has 176 valence electrons. The van der Waals surface area contributed by atoms with Gasteiger partial charge in [-0.2, -0.15) is 0 Å². The van der Waals surface area contributed by atoms with Crippen molar-refractivity contribution in [1.82, 2.24) is 14.5 Å². The minimum absolute atomic E-state index is 0.126. The quantitative estimate of drug-likeness (QED) is 0.477. The predicted molar refractivity (Wildman–Crippen MR) is 129 cm³/mol. The lowest BCUT2D eigenvalue weighted by Gasteiger charge is -2.31. The molecule has 0 amide bonds. The highest BCUT2D eigenvalue weighted by Gasteiger charge is 2.24. The van der Waals surface area contributed by atoms with Crippen molar-refractivity contribution in [3.05, 3.63) is 53.9 Å². The number of carboxylic acids is 1. The molecule has 33 heavy (non-hydrogen) atoms. The lowest BCUT2D eigenvalue weighted by molar-refractivity contribution is 0.0690. The molecule has 0 radical (unpaired) electrons. The second-order valence-corrected chi connectivity index (χ2v) is 8.61. The van der Waals surface area contributed by atoms with Crippen LogP contribution in [0.5, 0.6) is 11.5 Å². The molecule has 1 N–H and O–H groups in total. The van der Waals surface area contributed by atoms with Crippen LogP contribution >= 0.6 is 0 Å². The highest BCUT2D eigenvalue weighted by molar-refractivity contribution is 5.92. The smallest absolute Gasteiger partial charge is 0.339 e. The maximum Gasteiger partial charge on any atom is 0.339 e. The summed E-state index contributed by atoms with van der Waals surface area (Å²) in [4.78, 5) is 18.6. The summed E-state index contributed by atoms with van der Waals surface area (Å²) in [5.41, 5.74) is 2.65. The molecule has 0 aliphatic carbocycles. The standard InChI is InChI=1S/C26H33N3O4/c1-3-4-13-29-18-22(20-8-6-12-27-25(20)29)19-10-14-28(15-11-19)16-17-33-24-21(26(30)31)7-5-9-23(24)32-2/h5-9,12,18-19H,3-4,10-11,13-17H2,1-2H3,(H,30,31). The molecule has 7 nitrogen and oxygen atoms in total. The molecular formula is C26H33N3O4. The Morgan fingerprint density at radius 3 is 2.73 bits per heavy atom. The van der Waals surface area contributed by atoms with Gasteiger partial charge in [-0.1, -0.05) is 19.4 Å². The summed E-state index contributed by atoms with van der Waals surface area (Å²) in [5.74, 6) is 0.262. The Morgan fingerprint density at radius 2 is 2.00 bits per heavy atom. The lowest BCUT2D eigenvalue weighted by Crippen LogP contribution is -2.36. The summed E-state index contributed by atoms with van der Waals surface area (Å²) in [7, 11) is 1.52. The number of benzene rings is 1. The number of aromatic nitrogens is 2. The van der Waals surface area contributed by atoms with Crippen LogP contribution in [0.4, 0.5) is 0 Å². The van der Waals surface area contributed by atoms with Gasteiger partial charge in [0.2, 0.25) is 0 Å². The van der Waals surface area contributed by atoms with Crippen molar-refractivity contribution in [2.45, 2.75) is 45.1 Å².